The first-order valence-corrected chi connectivity index (χ1v) is 12.1. The molecule has 3 aromatic heterocycles. The van der Waals surface area contributed by atoms with E-state index in [1.165, 1.54) is 7.11 Å². The fourth-order valence-corrected chi connectivity index (χ4v) is 4.78. The maximum atomic E-state index is 12.5. The lowest BCUT2D eigenvalue weighted by Gasteiger charge is -2.29. The third kappa shape index (κ3) is 5.67. The summed E-state index contributed by atoms with van der Waals surface area (Å²) in [7, 11) is 3.24. The lowest BCUT2D eigenvalue weighted by molar-refractivity contribution is -0.143. The zero-order chi connectivity index (χ0) is 24.9. The van der Waals surface area contributed by atoms with Crippen LogP contribution < -0.4 is 5.56 Å². The van der Waals surface area contributed by atoms with Crippen molar-refractivity contribution in [3.05, 3.63) is 63.3 Å². The number of rotatable bonds is 8. The van der Waals surface area contributed by atoms with Crippen LogP contribution in [0.25, 0.3) is 11.4 Å². The van der Waals surface area contributed by atoms with Crippen LogP contribution in [0.2, 0.25) is 0 Å². The molecule has 1 fully saturated rings. The van der Waals surface area contributed by atoms with E-state index in [0.29, 0.717) is 31.9 Å². The average Bonchev–Trinajstić information content (AvgIpc) is 3.21. The normalized spacial score (nSPS) is 17.9. The zero-order valence-electron chi connectivity index (χ0n) is 20.9. The maximum Gasteiger partial charge on any atom is 0.305 e. The van der Waals surface area contributed by atoms with Crippen LogP contribution in [-0.2, 0) is 34.3 Å². The van der Waals surface area contributed by atoms with Gasteiger partial charge in [-0.1, -0.05) is 30.7 Å². The predicted octanol–water partition coefficient (Wildman–Crippen LogP) is 3.03. The van der Waals surface area contributed by atoms with Gasteiger partial charge in [-0.25, -0.2) is 4.68 Å². The standard InChI is InChI=1S/C26H33N5O4/c1-5-6-18-7-10-24(32)31(13-18)14-23-26(28-29-30(23)3)22-9-8-21(17(2)27-22)20-11-19(15-35-16-20)12-25(33)34-4/h7-10,13,19-20H,5-6,11-12,14-16H2,1-4H3. The summed E-state index contributed by atoms with van der Waals surface area (Å²) in [5.74, 6) is 0.0915. The molecule has 0 radical (unpaired) electrons. The summed E-state index contributed by atoms with van der Waals surface area (Å²) >= 11 is 0. The fraction of sp³-hybridized carbons (Fsp3) is 0.500. The van der Waals surface area contributed by atoms with E-state index in [4.69, 9.17) is 14.5 Å². The van der Waals surface area contributed by atoms with Crippen LogP contribution in [0.1, 0.15) is 54.6 Å². The molecule has 186 valence electrons. The number of aryl methyl sites for hydroxylation is 3. The molecular formula is C26H33N5O4. The molecule has 9 nitrogen and oxygen atoms in total. The highest BCUT2D eigenvalue weighted by Gasteiger charge is 2.28. The molecule has 0 saturated carbocycles. The van der Waals surface area contributed by atoms with E-state index in [0.717, 1.165) is 47.5 Å². The second-order valence-corrected chi connectivity index (χ2v) is 9.25. The Labute approximate surface area is 205 Å². The summed E-state index contributed by atoms with van der Waals surface area (Å²) in [5.41, 5.74) is 5.27. The summed E-state index contributed by atoms with van der Waals surface area (Å²) in [4.78, 5) is 29.1. The summed E-state index contributed by atoms with van der Waals surface area (Å²) in [6, 6.07) is 7.53. The monoisotopic (exact) mass is 479 g/mol. The third-order valence-corrected chi connectivity index (χ3v) is 6.63. The Morgan fingerprint density at radius 2 is 2.06 bits per heavy atom. The second-order valence-electron chi connectivity index (χ2n) is 9.25. The smallest absolute Gasteiger partial charge is 0.305 e. The summed E-state index contributed by atoms with van der Waals surface area (Å²) in [5, 5.41) is 8.58. The second kappa shape index (κ2) is 10.9. The molecule has 1 saturated heterocycles. The van der Waals surface area contributed by atoms with Gasteiger partial charge in [-0.2, -0.15) is 0 Å². The van der Waals surface area contributed by atoms with Crippen LogP contribution in [0.15, 0.2) is 35.3 Å². The van der Waals surface area contributed by atoms with Gasteiger partial charge in [-0.3, -0.25) is 14.6 Å². The van der Waals surface area contributed by atoms with Crippen LogP contribution in [0.4, 0.5) is 0 Å². The Hall–Kier alpha value is -3.33. The van der Waals surface area contributed by atoms with Crippen molar-refractivity contribution < 1.29 is 14.3 Å². The summed E-state index contributed by atoms with van der Waals surface area (Å²) in [6.07, 6.45) is 5.06. The van der Waals surface area contributed by atoms with Crippen molar-refractivity contribution in [2.75, 3.05) is 20.3 Å². The van der Waals surface area contributed by atoms with E-state index in [1.54, 1.807) is 15.3 Å². The van der Waals surface area contributed by atoms with Gasteiger partial charge in [0.1, 0.15) is 5.69 Å². The Morgan fingerprint density at radius 3 is 2.80 bits per heavy atom. The zero-order valence-corrected chi connectivity index (χ0v) is 20.9. The number of carbonyl (C=O) groups excluding carboxylic acids is 1. The van der Waals surface area contributed by atoms with Crippen molar-refractivity contribution in [2.45, 2.75) is 52.0 Å². The number of hydrogen-bond acceptors (Lipinski definition) is 7. The molecule has 0 bridgehead atoms. The molecule has 0 N–H and O–H groups in total. The molecule has 0 aliphatic carbocycles. The van der Waals surface area contributed by atoms with E-state index in [2.05, 4.69) is 23.3 Å². The molecule has 4 rings (SSSR count). The van der Waals surface area contributed by atoms with E-state index in [1.807, 2.05) is 32.3 Å². The van der Waals surface area contributed by atoms with Gasteiger partial charge in [-0.15, -0.1) is 5.10 Å². The molecule has 35 heavy (non-hydrogen) atoms. The van der Waals surface area contributed by atoms with Gasteiger partial charge in [0, 0.05) is 37.5 Å². The lowest BCUT2D eigenvalue weighted by atomic mass is 9.85. The van der Waals surface area contributed by atoms with Crippen LogP contribution >= 0.6 is 0 Å². The molecule has 1 aliphatic rings. The molecule has 9 heteroatoms. The molecular weight excluding hydrogens is 446 g/mol. The molecule has 2 atom stereocenters. The number of carbonyl (C=O) groups is 1. The van der Waals surface area contributed by atoms with E-state index in [-0.39, 0.29) is 23.4 Å². The number of pyridine rings is 2. The predicted molar refractivity (Wildman–Crippen MR) is 131 cm³/mol. The highest BCUT2D eigenvalue weighted by atomic mass is 16.5. The van der Waals surface area contributed by atoms with E-state index in [9.17, 15) is 9.59 Å². The Kier molecular flexibility index (Phi) is 7.75. The minimum atomic E-state index is -0.209. The van der Waals surface area contributed by atoms with Crippen LogP contribution in [0.5, 0.6) is 0 Å². The van der Waals surface area contributed by atoms with Gasteiger partial charge in [0.05, 0.1) is 38.1 Å². The number of hydrogen-bond donors (Lipinski definition) is 0. The Bertz CT molecular complexity index is 1250. The van der Waals surface area contributed by atoms with Gasteiger partial charge in [0.25, 0.3) is 5.56 Å². The number of aromatic nitrogens is 5. The largest absolute Gasteiger partial charge is 0.469 e. The van der Waals surface area contributed by atoms with Gasteiger partial charge >= 0.3 is 5.97 Å². The molecule has 0 amide bonds. The van der Waals surface area contributed by atoms with Gasteiger partial charge < -0.3 is 14.0 Å². The van der Waals surface area contributed by atoms with Gasteiger partial charge in [0.2, 0.25) is 0 Å². The third-order valence-electron chi connectivity index (χ3n) is 6.63. The maximum absolute atomic E-state index is 12.5. The number of methoxy groups -OCH3 is 1. The lowest BCUT2D eigenvalue weighted by Crippen LogP contribution is -2.27. The first kappa shape index (κ1) is 24.8. The van der Waals surface area contributed by atoms with Crippen molar-refractivity contribution in [1.82, 2.24) is 24.5 Å². The van der Waals surface area contributed by atoms with E-state index >= 15 is 0 Å². The molecule has 2 unspecified atom stereocenters. The van der Waals surface area contributed by atoms with Crippen molar-refractivity contribution in [1.29, 1.82) is 0 Å². The molecule has 0 spiro atoms. The fourth-order valence-electron chi connectivity index (χ4n) is 4.78. The highest BCUT2D eigenvalue weighted by Crippen LogP contribution is 2.33. The first-order chi connectivity index (χ1) is 16.9. The highest BCUT2D eigenvalue weighted by molar-refractivity contribution is 5.69. The SMILES string of the molecule is CCCc1ccc(=O)n(Cc2c(-c3ccc(C4COCC(CC(=O)OC)C4)c(C)n3)nnn2C)c1. The van der Waals surface area contributed by atoms with Crippen LogP contribution in [0.3, 0.4) is 0 Å². The summed E-state index contributed by atoms with van der Waals surface area (Å²) < 4.78 is 14.0. The van der Waals surface area contributed by atoms with Gasteiger partial charge in [0.15, 0.2) is 0 Å². The molecule has 0 aromatic carbocycles. The van der Waals surface area contributed by atoms with Crippen molar-refractivity contribution in [3.8, 4) is 11.4 Å². The molecule has 4 heterocycles. The first-order valence-electron chi connectivity index (χ1n) is 12.1. The van der Waals surface area contributed by atoms with Crippen molar-refractivity contribution in [2.24, 2.45) is 13.0 Å². The molecule has 1 aliphatic heterocycles. The van der Waals surface area contributed by atoms with Crippen LogP contribution in [0, 0.1) is 12.8 Å². The average molecular weight is 480 g/mol. The summed E-state index contributed by atoms with van der Waals surface area (Å²) in [6.45, 7) is 5.64. The minimum Gasteiger partial charge on any atom is -0.469 e. The quantitative estimate of drug-likeness (QED) is 0.458. The van der Waals surface area contributed by atoms with Crippen LogP contribution in [-0.4, -0.2) is 50.8 Å². The number of nitrogens with zero attached hydrogens (tertiary/aromatic N) is 5. The number of esters is 1. The Morgan fingerprint density at radius 1 is 1.23 bits per heavy atom. The van der Waals surface area contributed by atoms with Crippen molar-refractivity contribution in [3.63, 3.8) is 0 Å². The molecule has 3 aromatic rings. The number of ether oxygens (including phenoxy) is 2. The van der Waals surface area contributed by atoms with Gasteiger partial charge in [-0.05, 0) is 42.9 Å². The minimum absolute atomic E-state index is 0.0599. The Balaban J connectivity index is 1.58. The van der Waals surface area contributed by atoms with Crippen molar-refractivity contribution >= 4 is 5.97 Å². The topological polar surface area (TPSA) is 101 Å². The van der Waals surface area contributed by atoms with E-state index < -0.39 is 0 Å².